The van der Waals surface area contributed by atoms with Crippen molar-refractivity contribution in [2.45, 2.75) is 44.3 Å². The minimum Gasteiger partial charge on any atom is -0.382 e. The molecule has 2 aromatic heterocycles. The molecule has 2 atom stereocenters. The Morgan fingerprint density at radius 1 is 1.12 bits per heavy atom. The van der Waals surface area contributed by atoms with E-state index in [1.807, 2.05) is 0 Å². The summed E-state index contributed by atoms with van der Waals surface area (Å²) in [4.78, 5) is 44.0. The molecule has 1 aliphatic rings. The minimum absolute atomic E-state index is 0.0141. The number of nitrogens with zero attached hydrogens (tertiary/aromatic N) is 7. The second-order valence-electron chi connectivity index (χ2n) is 9.74. The number of rotatable bonds is 8. The first kappa shape index (κ1) is 30.3. The zero-order valence-corrected chi connectivity index (χ0v) is 23.6. The number of halogens is 5. The molecule has 17 heteroatoms. The number of likely N-dealkylation sites (tertiary alicyclic amines) is 1. The van der Waals surface area contributed by atoms with Crippen LogP contribution in [0.3, 0.4) is 0 Å². The van der Waals surface area contributed by atoms with Crippen LogP contribution in [-0.4, -0.2) is 75.8 Å². The Hall–Kier alpha value is -4.21. The number of benzene rings is 2. The standard InChI is InChI=1S/C26H23Cl2F3N8O4/c27-15-8-6-14(7-9-15)23-35-38(25(43)37(23)11-19(40)26(29,30)31)12-20-33-13-39(34-20)21-16(3-1-4-17(21)28)24(42)36-10-2-5-18(36)22(32)41/h1,3-4,6-9,13,18-19,40H,2,5,10-12H2,(H2,32,41)/t18-,19+/m0/s1. The number of carbonyl (C=O) groups is 2. The lowest BCUT2D eigenvalue weighted by molar-refractivity contribution is -0.207. The number of carbonyl (C=O) groups excluding carboxylic acids is 2. The van der Waals surface area contributed by atoms with Gasteiger partial charge in [-0.05, 0) is 49.2 Å². The van der Waals surface area contributed by atoms with E-state index in [4.69, 9.17) is 28.9 Å². The van der Waals surface area contributed by atoms with Gasteiger partial charge in [-0.15, -0.1) is 10.2 Å². The normalized spacial score (nSPS) is 16.0. The molecule has 2 aromatic carbocycles. The van der Waals surface area contributed by atoms with Gasteiger partial charge in [0, 0.05) is 17.1 Å². The highest BCUT2D eigenvalue weighted by Gasteiger charge is 2.39. The second kappa shape index (κ2) is 11.8. The van der Waals surface area contributed by atoms with Crippen LogP contribution in [0.15, 0.2) is 53.6 Å². The summed E-state index contributed by atoms with van der Waals surface area (Å²) in [6.45, 7) is -1.15. The number of nitrogens with two attached hydrogens (primary N) is 1. The van der Waals surface area contributed by atoms with Crippen molar-refractivity contribution in [3.63, 3.8) is 0 Å². The molecule has 226 valence electrons. The number of aliphatic hydroxyl groups is 1. The lowest BCUT2D eigenvalue weighted by atomic mass is 10.1. The van der Waals surface area contributed by atoms with Gasteiger partial charge in [0.25, 0.3) is 5.91 Å². The van der Waals surface area contributed by atoms with Crippen LogP contribution < -0.4 is 11.4 Å². The van der Waals surface area contributed by atoms with E-state index < -0.39 is 42.4 Å². The maximum atomic E-state index is 13.4. The van der Waals surface area contributed by atoms with E-state index >= 15 is 0 Å². The van der Waals surface area contributed by atoms with Crippen molar-refractivity contribution in [3.05, 3.63) is 80.7 Å². The summed E-state index contributed by atoms with van der Waals surface area (Å²) in [5, 5.41) is 18.7. The largest absolute Gasteiger partial charge is 0.416 e. The number of para-hydroxylation sites is 1. The SMILES string of the molecule is NC(=O)[C@@H]1CCCN1C(=O)c1cccc(Cl)c1-n1cnc(Cn2nc(-c3ccc(Cl)cc3)n(C[C@@H](O)C(F)(F)F)c2=O)n1. The lowest BCUT2D eigenvalue weighted by Crippen LogP contribution is -2.44. The highest BCUT2D eigenvalue weighted by Crippen LogP contribution is 2.28. The Balaban J connectivity index is 1.49. The number of primary amides is 1. The summed E-state index contributed by atoms with van der Waals surface area (Å²) in [5.41, 5.74) is 5.10. The number of alkyl halides is 3. The fraction of sp³-hybridized carbons (Fsp3) is 0.308. The molecule has 3 N–H and O–H groups in total. The first-order valence-corrected chi connectivity index (χ1v) is 13.6. The summed E-state index contributed by atoms with van der Waals surface area (Å²) in [6.07, 6.45) is -5.52. The zero-order valence-electron chi connectivity index (χ0n) is 22.1. The highest BCUT2D eigenvalue weighted by molar-refractivity contribution is 6.33. The average Bonchev–Trinajstić information content (AvgIpc) is 3.69. The van der Waals surface area contributed by atoms with Gasteiger partial charge in [-0.25, -0.2) is 19.1 Å². The molecule has 4 aromatic rings. The Kier molecular flexibility index (Phi) is 8.31. The fourth-order valence-corrected chi connectivity index (χ4v) is 5.18. The molecule has 0 spiro atoms. The van der Waals surface area contributed by atoms with Crippen molar-refractivity contribution in [2.75, 3.05) is 6.54 Å². The monoisotopic (exact) mass is 638 g/mol. The molecule has 5 rings (SSSR count). The van der Waals surface area contributed by atoms with Crippen LogP contribution >= 0.6 is 23.2 Å². The fourth-order valence-electron chi connectivity index (χ4n) is 4.79. The van der Waals surface area contributed by atoms with Gasteiger partial charge in [0.1, 0.15) is 18.9 Å². The van der Waals surface area contributed by atoms with Crippen LogP contribution in [0.1, 0.15) is 29.0 Å². The molecule has 0 unspecified atom stereocenters. The van der Waals surface area contributed by atoms with Crippen molar-refractivity contribution < 1.29 is 27.9 Å². The molecule has 0 saturated carbocycles. The molecule has 43 heavy (non-hydrogen) atoms. The molecular formula is C26H23Cl2F3N8O4. The summed E-state index contributed by atoms with van der Waals surface area (Å²) < 4.78 is 42.3. The lowest BCUT2D eigenvalue weighted by Gasteiger charge is -2.23. The van der Waals surface area contributed by atoms with Crippen LogP contribution in [0.4, 0.5) is 13.2 Å². The molecule has 12 nitrogen and oxygen atoms in total. The van der Waals surface area contributed by atoms with Gasteiger partial charge >= 0.3 is 11.9 Å². The summed E-state index contributed by atoms with van der Waals surface area (Å²) in [7, 11) is 0. The van der Waals surface area contributed by atoms with Crippen molar-refractivity contribution in [1.29, 1.82) is 0 Å². The second-order valence-corrected chi connectivity index (χ2v) is 10.6. The zero-order chi connectivity index (χ0) is 31.1. The molecule has 1 saturated heterocycles. The van der Waals surface area contributed by atoms with Crippen LogP contribution in [0, 0.1) is 0 Å². The smallest absolute Gasteiger partial charge is 0.382 e. The molecule has 1 aliphatic heterocycles. The first-order chi connectivity index (χ1) is 20.3. The average molecular weight is 639 g/mol. The Labute approximate surface area is 251 Å². The predicted octanol–water partition coefficient (Wildman–Crippen LogP) is 2.66. The third-order valence-electron chi connectivity index (χ3n) is 6.88. The third-order valence-corrected chi connectivity index (χ3v) is 7.43. The van der Waals surface area contributed by atoms with Crippen LogP contribution in [0.25, 0.3) is 17.1 Å². The van der Waals surface area contributed by atoms with Gasteiger partial charge in [0.05, 0.1) is 22.8 Å². The van der Waals surface area contributed by atoms with Crippen LogP contribution in [-0.2, 0) is 17.9 Å². The van der Waals surface area contributed by atoms with Crippen molar-refractivity contribution >= 4 is 35.0 Å². The van der Waals surface area contributed by atoms with E-state index in [-0.39, 0.29) is 40.0 Å². The van der Waals surface area contributed by atoms with E-state index in [1.54, 1.807) is 6.07 Å². The maximum absolute atomic E-state index is 13.4. The van der Waals surface area contributed by atoms with E-state index in [0.717, 1.165) is 4.68 Å². The highest BCUT2D eigenvalue weighted by atomic mass is 35.5. The quantitative estimate of drug-likeness (QED) is 0.301. The molecule has 2 amide bonds. The Bertz CT molecular complexity index is 1740. The minimum atomic E-state index is -4.98. The van der Waals surface area contributed by atoms with E-state index in [2.05, 4.69) is 15.2 Å². The molecule has 1 fully saturated rings. The predicted molar refractivity (Wildman–Crippen MR) is 148 cm³/mol. The number of aromatic nitrogens is 6. The topological polar surface area (TPSA) is 154 Å². The Morgan fingerprint density at radius 3 is 2.51 bits per heavy atom. The van der Waals surface area contributed by atoms with Gasteiger partial charge in [0.2, 0.25) is 5.91 Å². The Morgan fingerprint density at radius 2 is 1.84 bits per heavy atom. The number of amides is 2. The third kappa shape index (κ3) is 6.14. The van der Waals surface area contributed by atoms with Crippen LogP contribution in [0.5, 0.6) is 0 Å². The number of aliphatic hydroxyl groups excluding tert-OH is 1. The summed E-state index contributed by atoms with van der Waals surface area (Å²) in [6, 6.07) is 9.73. The van der Waals surface area contributed by atoms with Gasteiger partial charge in [-0.2, -0.15) is 13.2 Å². The maximum Gasteiger partial charge on any atom is 0.416 e. The van der Waals surface area contributed by atoms with Crippen molar-refractivity contribution in [3.8, 4) is 17.1 Å². The number of hydrogen-bond donors (Lipinski definition) is 2. The van der Waals surface area contributed by atoms with E-state index in [0.29, 0.717) is 29.0 Å². The number of hydrogen-bond acceptors (Lipinski definition) is 7. The molecule has 3 heterocycles. The molecular weight excluding hydrogens is 616 g/mol. The van der Waals surface area contributed by atoms with Gasteiger partial charge in [0.15, 0.2) is 17.8 Å². The van der Waals surface area contributed by atoms with Crippen molar-refractivity contribution in [2.24, 2.45) is 5.73 Å². The van der Waals surface area contributed by atoms with E-state index in [1.165, 1.54) is 52.3 Å². The summed E-state index contributed by atoms with van der Waals surface area (Å²) in [5.74, 6) is -1.23. The van der Waals surface area contributed by atoms with Crippen molar-refractivity contribution in [1.82, 2.24) is 34.0 Å². The van der Waals surface area contributed by atoms with E-state index in [9.17, 15) is 32.7 Å². The first-order valence-electron chi connectivity index (χ1n) is 12.8. The molecule has 0 radical (unpaired) electrons. The van der Waals surface area contributed by atoms with Gasteiger partial charge in [-0.1, -0.05) is 29.3 Å². The summed E-state index contributed by atoms with van der Waals surface area (Å²) >= 11 is 12.4. The van der Waals surface area contributed by atoms with Gasteiger partial charge < -0.3 is 15.7 Å². The van der Waals surface area contributed by atoms with Gasteiger partial charge in [-0.3, -0.25) is 14.2 Å². The molecule has 0 bridgehead atoms. The molecule has 0 aliphatic carbocycles. The van der Waals surface area contributed by atoms with Crippen LogP contribution in [0.2, 0.25) is 10.0 Å².